The van der Waals surface area contributed by atoms with Gasteiger partial charge in [-0.3, -0.25) is 47.6 Å². The number of carbonyl (C=O) groups is 5. The average molecular weight is 784 g/mol. The summed E-state index contributed by atoms with van der Waals surface area (Å²) in [5, 5.41) is 27.9. The third kappa shape index (κ3) is 7.63. The van der Waals surface area contributed by atoms with E-state index in [1.54, 1.807) is 36.1 Å². The van der Waals surface area contributed by atoms with E-state index < -0.39 is 80.6 Å². The van der Waals surface area contributed by atoms with Crippen molar-refractivity contribution >= 4 is 102 Å². The maximum atomic E-state index is 13.7. The number of carboxylic acids is 3. The van der Waals surface area contributed by atoms with Gasteiger partial charge in [0.15, 0.2) is 0 Å². The van der Waals surface area contributed by atoms with Crippen LogP contribution < -0.4 is 25.2 Å². The van der Waals surface area contributed by atoms with Gasteiger partial charge in [-0.1, -0.05) is 23.9 Å². The average Bonchev–Trinajstić information content (AvgIpc) is 3.70. The lowest BCUT2D eigenvalue weighted by Crippen LogP contribution is -2.35. The molecule has 0 atom stereocenters. The quantitative estimate of drug-likeness (QED) is 0.217. The lowest BCUT2D eigenvalue weighted by Gasteiger charge is -2.21. The zero-order valence-corrected chi connectivity index (χ0v) is 29.5. The van der Waals surface area contributed by atoms with Gasteiger partial charge >= 0.3 is 17.9 Å². The van der Waals surface area contributed by atoms with Crippen molar-refractivity contribution in [2.75, 3.05) is 23.7 Å². The van der Waals surface area contributed by atoms with E-state index in [0.717, 1.165) is 26.5 Å². The van der Waals surface area contributed by atoms with Crippen LogP contribution in [-0.4, -0.2) is 90.2 Å². The van der Waals surface area contributed by atoms with Gasteiger partial charge in [0.05, 0.1) is 25.4 Å². The molecule has 0 spiro atoms. The molecule has 0 unspecified atom stereocenters. The largest absolute Gasteiger partial charge is 0.748 e. The maximum absolute atomic E-state index is 13.7. The van der Waals surface area contributed by atoms with Gasteiger partial charge in [0.25, 0.3) is 22.3 Å². The Bertz CT molecular complexity index is 2480. The predicted molar refractivity (Wildman–Crippen MR) is 181 cm³/mol. The molecule has 1 aromatic carbocycles. The van der Waals surface area contributed by atoms with Crippen LogP contribution in [0.25, 0.3) is 10.5 Å². The van der Waals surface area contributed by atoms with Gasteiger partial charge in [0.2, 0.25) is 0 Å². The molecule has 2 aliphatic heterocycles. The molecule has 0 radical (unpaired) electrons. The molecule has 3 aromatic rings. The molecule has 2 aliphatic rings. The molecular formula is C28H23N4O13S5-. The minimum absolute atomic E-state index is 0.00769. The molecule has 22 heteroatoms. The number of amides is 2. The smallest absolute Gasteiger partial charge is 0.323 e. The number of carboxylic acid groups (broad SMARTS) is 3. The summed E-state index contributed by atoms with van der Waals surface area (Å²) in [5.74, 6) is -6.11. The molecule has 50 heavy (non-hydrogen) atoms. The fourth-order valence-corrected chi connectivity index (χ4v) is 10.0. The van der Waals surface area contributed by atoms with Crippen molar-refractivity contribution in [1.82, 2.24) is 14.0 Å². The standard InChI is InChI=1S/C28H24N4O13S5/c1-13(9-16-29(7-4-8-50(43,44)45)14-5-2-3-6-15(14)46-16)20-23(39)30(10-17(33)34)26(47-20)21-24(40)31(11-18(35)36)27(48-21)22-25(41)32(12-19(37)38)28(42)49-22/h2-3,5-6,9H,4,7-8,10-12H2,1H3,(H,33,34)(H,35,36)(H,37,38)(H,43,44,45)/p-1/b16-9?,20-13?,26-21+,27-22+. The van der Waals surface area contributed by atoms with E-state index in [2.05, 4.69) is 0 Å². The molecule has 264 valence electrons. The van der Waals surface area contributed by atoms with Crippen LogP contribution in [0.2, 0.25) is 0 Å². The maximum Gasteiger partial charge on any atom is 0.323 e. The number of fused-ring (bicyclic) bond motifs is 1. The number of rotatable bonds is 11. The number of benzene rings is 1. The number of thiazole rings is 2. The molecule has 4 heterocycles. The van der Waals surface area contributed by atoms with Crippen molar-refractivity contribution in [3.05, 3.63) is 74.5 Å². The minimum Gasteiger partial charge on any atom is -0.748 e. The van der Waals surface area contributed by atoms with Crippen molar-refractivity contribution < 1.29 is 52.3 Å². The predicted octanol–water partition coefficient (Wildman–Crippen LogP) is 0.0370. The van der Waals surface area contributed by atoms with Crippen molar-refractivity contribution in [2.24, 2.45) is 0 Å². The first-order chi connectivity index (χ1) is 23.5. The summed E-state index contributed by atoms with van der Waals surface area (Å²) in [6.07, 6.45) is 1.63. The number of hydrogen-bond acceptors (Lipinski definition) is 15. The van der Waals surface area contributed by atoms with Crippen molar-refractivity contribution in [1.29, 1.82) is 0 Å². The van der Waals surface area contributed by atoms with Crippen LogP contribution >= 0.6 is 46.2 Å². The zero-order chi connectivity index (χ0) is 36.7. The molecule has 17 nitrogen and oxygen atoms in total. The molecule has 2 amide bonds. The SMILES string of the molecule is CC(C=C1Sc2ccccc2N1CCCS(=O)(=O)[O-])=c1s/c(=c2/s/c(=C3/SC(=O)N(CC(=O)O)C3=O)n(CC(=O)O)c2=O)n(CC(=O)O)c1=O. The first-order valence-electron chi connectivity index (χ1n) is 14.0. The van der Waals surface area contributed by atoms with Crippen molar-refractivity contribution in [2.45, 2.75) is 31.3 Å². The Balaban J connectivity index is 1.76. The lowest BCUT2D eigenvalue weighted by atomic mass is 10.2. The van der Waals surface area contributed by atoms with Crippen LogP contribution in [0.15, 0.2) is 49.9 Å². The Morgan fingerprint density at radius 2 is 1.46 bits per heavy atom. The molecule has 1 saturated heterocycles. The van der Waals surface area contributed by atoms with Crippen LogP contribution in [0.1, 0.15) is 13.3 Å². The number of allylic oxidation sites excluding steroid dienone is 1. The summed E-state index contributed by atoms with van der Waals surface area (Å²) in [6.45, 7) is -1.15. The number of carbonyl (C=O) groups excluding carboxylic acids is 2. The normalized spacial score (nSPS) is 17.8. The summed E-state index contributed by atoms with van der Waals surface area (Å²) in [7, 11) is -4.47. The number of imide groups is 1. The Hall–Kier alpha value is -4.48. The highest BCUT2D eigenvalue weighted by Crippen LogP contribution is 2.46. The van der Waals surface area contributed by atoms with E-state index in [-0.39, 0.29) is 31.4 Å². The van der Waals surface area contributed by atoms with Crippen LogP contribution in [0.3, 0.4) is 0 Å². The fourth-order valence-electron chi connectivity index (χ4n) is 4.94. The van der Waals surface area contributed by atoms with Gasteiger partial charge in [0, 0.05) is 17.2 Å². The zero-order valence-electron chi connectivity index (χ0n) is 25.4. The van der Waals surface area contributed by atoms with Gasteiger partial charge in [-0.15, -0.1) is 22.7 Å². The van der Waals surface area contributed by atoms with E-state index in [9.17, 15) is 56.7 Å². The lowest BCUT2D eigenvalue weighted by molar-refractivity contribution is -0.140. The van der Waals surface area contributed by atoms with Gasteiger partial charge in [-0.2, -0.15) is 0 Å². The van der Waals surface area contributed by atoms with E-state index >= 15 is 0 Å². The van der Waals surface area contributed by atoms with Crippen LogP contribution in [0, 0.1) is 9.20 Å². The van der Waals surface area contributed by atoms with E-state index in [1.165, 1.54) is 11.8 Å². The molecular weight excluding hydrogens is 761 g/mol. The van der Waals surface area contributed by atoms with E-state index in [1.807, 2.05) is 6.07 Å². The first kappa shape index (κ1) is 36.8. The van der Waals surface area contributed by atoms with Gasteiger partial charge in [-0.05, 0) is 48.9 Å². The monoisotopic (exact) mass is 783 g/mol. The van der Waals surface area contributed by atoms with Crippen LogP contribution in [0.5, 0.6) is 0 Å². The first-order valence-corrected chi connectivity index (χ1v) is 18.9. The van der Waals surface area contributed by atoms with E-state index in [4.69, 9.17) is 5.11 Å². The molecule has 0 aliphatic carbocycles. The summed E-state index contributed by atoms with van der Waals surface area (Å²) >= 11 is 2.89. The second-order valence-corrected chi connectivity index (χ2v) is 16.1. The third-order valence-electron chi connectivity index (χ3n) is 7.00. The topological polar surface area (TPSA) is 254 Å². The number of hydrogen-bond donors (Lipinski definition) is 3. The summed E-state index contributed by atoms with van der Waals surface area (Å²) in [5.41, 5.74) is -0.734. The number of thioether (sulfide) groups is 2. The second kappa shape index (κ2) is 14.4. The Labute approximate surface area is 296 Å². The number of aliphatic carboxylic acids is 3. The van der Waals surface area contributed by atoms with Gasteiger partial charge < -0.3 is 24.8 Å². The molecule has 0 bridgehead atoms. The summed E-state index contributed by atoms with van der Waals surface area (Å²) in [4.78, 5) is 90.3. The van der Waals surface area contributed by atoms with Crippen LogP contribution in [0.4, 0.5) is 10.5 Å². The Kier molecular flexibility index (Phi) is 10.6. The highest BCUT2D eigenvalue weighted by atomic mass is 32.2. The minimum atomic E-state index is -4.47. The second-order valence-electron chi connectivity index (χ2n) is 10.5. The summed E-state index contributed by atoms with van der Waals surface area (Å²) < 4.78 is 34.4. The Morgan fingerprint density at radius 3 is 2.08 bits per heavy atom. The molecule has 2 aromatic heterocycles. The molecule has 1 fully saturated rings. The number of aromatic nitrogens is 2. The molecule has 3 N–H and O–H groups in total. The highest BCUT2D eigenvalue weighted by Gasteiger charge is 2.38. The Morgan fingerprint density at radius 1 is 0.840 bits per heavy atom. The fraction of sp³-hybridized carbons (Fsp3) is 0.250. The van der Waals surface area contributed by atoms with Crippen LogP contribution in [-0.2, 0) is 42.4 Å². The summed E-state index contributed by atoms with van der Waals surface area (Å²) in [6, 6.07) is 7.19. The van der Waals surface area contributed by atoms with Crippen molar-refractivity contribution in [3.8, 4) is 0 Å². The number of anilines is 1. The number of nitrogens with zero attached hydrogens (tertiary/aromatic N) is 4. The molecule has 0 saturated carbocycles. The highest BCUT2D eigenvalue weighted by molar-refractivity contribution is 8.23. The van der Waals surface area contributed by atoms with Gasteiger partial charge in [0.1, 0.15) is 38.4 Å². The van der Waals surface area contributed by atoms with Crippen molar-refractivity contribution in [3.63, 3.8) is 0 Å². The van der Waals surface area contributed by atoms with E-state index in [0.29, 0.717) is 43.2 Å². The number of para-hydroxylation sites is 1. The molecule has 5 rings (SSSR count). The third-order valence-corrected chi connectivity index (χ3v) is 12.6. The van der Waals surface area contributed by atoms with Gasteiger partial charge in [-0.25, -0.2) is 8.42 Å².